The van der Waals surface area contributed by atoms with Crippen molar-refractivity contribution in [3.63, 3.8) is 0 Å². The van der Waals surface area contributed by atoms with E-state index in [1.807, 2.05) is 0 Å². The van der Waals surface area contributed by atoms with Crippen molar-refractivity contribution in [3.05, 3.63) is 47.7 Å². The van der Waals surface area contributed by atoms with Crippen LogP contribution in [0.2, 0.25) is 0 Å². The van der Waals surface area contributed by atoms with Gasteiger partial charge in [-0.15, -0.1) is 0 Å². The van der Waals surface area contributed by atoms with Crippen LogP contribution in [-0.4, -0.2) is 29.3 Å². The monoisotopic (exact) mass is 303 g/mol. The van der Waals surface area contributed by atoms with E-state index in [9.17, 15) is 13.2 Å². The third-order valence-corrected chi connectivity index (χ3v) is 3.13. The zero-order valence-electron chi connectivity index (χ0n) is 9.83. The number of rotatable bonds is 0. The number of halogens is 3. The Hall–Kier alpha value is -1.93. The fourth-order valence-electron chi connectivity index (χ4n) is 1.72. The molecule has 1 aromatic rings. The molecule has 2 aliphatic heterocycles. The Labute approximate surface area is 112 Å². The number of para-hydroxylation sites is 1. The molecule has 0 radical (unpaired) electrons. The minimum atomic E-state index is -6.09. The van der Waals surface area contributed by atoms with Gasteiger partial charge in [0.15, 0.2) is 16.3 Å². The van der Waals surface area contributed by atoms with Gasteiger partial charge in [-0.2, -0.15) is 17.7 Å². The van der Waals surface area contributed by atoms with Gasteiger partial charge in [0, 0.05) is 24.3 Å². The molecule has 0 fully saturated rings. The lowest BCUT2D eigenvalue weighted by Crippen LogP contribution is -2.21. The van der Waals surface area contributed by atoms with Crippen LogP contribution in [0.25, 0.3) is 6.08 Å². The van der Waals surface area contributed by atoms with Crippen molar-refractivity contribution in [2.75, 3.05) is 0 Å². The Morgan fingerprint density at radius 2 is 1.75 bits per heavy atom. The van der Waals surface area contributed by atoms with Crippen LogP contribution in [0.4, 0.5) is 18.9 Å². The van der Waals surface area contributed by atoms with Crippen LogP contribution in [-0.2, 0) is 10.1 Å². The van der Waals surface area contributed by atoms with Crippen molar-refractivity contribution in [1.29, 1.82) is 0 Å². The molecular formula is C12H8F3NO3S. The van der Waals surface area contributed by atoms with Crippen LogP contribution in [0.1, 0.15) is 5.56 Å². The maximum Gasteiger partial charge on any atom is 0.485 e. The molecule has 106 valence electrons. The first kappa shape index (κ1) is 14.5. The standard InChI is InChI=1S/C11H8N.CHF3O3S/c1-2-6-11-9(4-1)8-10-5-3-7-12(10)11;2-1(3,4)8(5,6)7/h1-8H;(H,5,6,7)/q+1;/p-1. The van der Waals surface area contributed by atoms with Gasteiger partial charge in [-0.05, 0) is 6.07 Å². The summed E-state index contributed by atoms with van der Waals surface area (Å²) in [7, 11) is -6.09. The maximum absolute atomic E-state index is 10.7. The highest BCUT2D eigenvalue weighted by molar-refractivity contribution is 7.86. The maximum atomic E-state index is 10.7. The Balaban J connectivity index is 0.000000163. The molecular weight excluding hydrogens is 295 g/mol. The molecule has 3 rings (SSSR count). The fraction of sp³-hybridized carbons (Fsp3) is 0.0833. The molecule has 8 heteroatoms. The number of hydrogen-bond donors (Lipinski definition) is 0. The lowest BCUT2D eigenvalue weighted by Gasteiger charge is -2.08. The van der Waals surface area contributed by atoms with Gasteiger partial charge in [0.25, 0.3) is 0 Å². The smallest absolute Gasteiger partial charge is 0.485 e. The first-order chi connectivity index (χ1) is 9.20. The molecule has 2 heterocycles. The molecule has 0 bridgehead atoms. The summed E-state index contributed by atoms with van der Waals surface area (Å²) in [5, 5.41) is 0. The number of hydrogen-bond acceptors (Lipinski definition) is 3. The van der Waals surface area contributed by atoms with E-state index in [4.69, 9.17) is 13.0 Å². The third-order valence-electron chi connectivity index (χ3n) is 2.56. The van der Waals surface area contributed by atoms with Crippen LogP contribution in [0.3, 0.4) is 0 Å². The number of nitrogens with zero attached hydrogens (tertiary/aromatic N) is 1. The number of alkyl halides is 3. The Kier molecular flexibility index (Phi) is 3.53. The van der Waals surface area contributed by atoms with E-state index < -0.39 is 15.6 Å². The molecule has 0 spiro atoms. The van der Waals surface area contributed by atoms with E-state index >= 15 is 0 Å². The van der Waals surface area contributed by atoms with E-state index in [2.05, 4.69) is 53.3 Å². The van der Waals surface area contributed by atoms with E-state index in [0.717, 1.165) is 0 Å². The predicted octanol–water partition coefficient (Wildman–Crippen LogP) is 2.38. The minimum absolute atomic E-state index is 1.27. The van der Waals surface area contributed by atoms with E-state index in [1.54, 1.807) is 0 Å². The molecule has 4 nitrogen and oxygen atoms in total. The van der Waals surface area contributed by atoms with Crippen LogP contribution in [0, 0.1) is 0 Å². The Morgan fingerprint density at radius 3 is 2.35 bits per heavy atom. The zero-order valence-corrected chi connectivity index (χ0v) is 10.6. The highest BCUT2D eigenvalue weighted by Crippen LogP contribution is 2.32. The average Bonchev–Trinajstić information content (AvgIpc) is 2.86. The minimum Gasteiger partial charge on any atom is -0.741 e. The highest BCUT2D eigenvalue weighted by atomic mass is 32.2. The van der Waals surface area contributed by atoms with Gasteiger partial charge in [-0.1, -0.05) is 12.1 Å². The predicted molar refractivity (Wildman–Crippen MR) is 65.3 cm³/mol. The summed E-state index contributed by atoms with van der Waals surface area (Å²) in [6.45, 7) is 0. The van der Waals surface area contributed by atoms with Crippen molar-refractivity contribution in [1.82, 2.24) is 0 Å². The van der Waals surface area contributed by atoms with Crippen LogP contribution in [0.15, 0.2) is 42.1 Å². The lowest BCUT2D eigenvalue weighted by atomic mass is 10.2. The van der Waals surface area contributed by atoms with Gasteiger partial charge in [-0.3, -0.25) is 0 Å². The second-order valence-corrected chi connectivity index (χ2v) is 5.28. The third kappa shape index (κ3) is 2.81. The van der Waals surface area contributed by atoms with E-state index in [1.165, 1.54) is 16.9 Å². The zero-order chi connectivity index (χ0) is 15.0. The largest absolute Gasteiger partial charge is 0.741 e. The van der Waals surface area contributed by atoms with Gasteiger partial charge in [0.1, 0.15) is 0 Å². The molecule has 20 heavy (non-hydrogen) atoms. The molecule has 1 aromatic carbocycles. The first-order valence-electron chi connectivity index (χ1n) is 5.34. The van der Waals surface area contributed by atoms with Gasteiger partial charge < -0.3 is 4.55 Å². The summed E-state index contributed by atoms with van der Waals surface area (Å²) >= 11 is 0. The summed E-state index contributed by atoms with van der Waals surface area (Å²) in [6, 6.07) is 8.42. The molecule has 0 unspecified atom stereocenters. The normalized spacial score (nSPS) is 15.8. The average molecular weight is 303 g/mol. The molecule has 0 aromatic heterocycles. The number of benzene rings is 1. The fourth-order valence-corrected chi connectivity index (χ4v) is 1.72. The summed E-state index contributed by atoms with van der Waals surface area (Å²) in [5.41, 5.74) is -1.77. The van der Waals surface area contributed by atoms with Gasteiger partial charge in [-0.25, -0.2) is 8.42 Å². The summed E-state index contributed by atoms with van der Waals surface area (Å²) in [4.78, 5) is 0. The van der Waals surface area contributed by atoms with Crippen molar-refractivity contribution in [2.45, 2.75) is 5.51 Å². The molecule has 2 aliphatic rings. The SMILES string of the molecule is C1=CC2=Cc3ccccc3[N+]2=C1.O=S(=O)([O-])C(F)(F)F. The quantitative estimate of drug-likeness (QED) is 0.420. The molecule has 0 N–H and O–H groups in total. The number of allylic oxidation sites excluding steroid dienone is 2. The van der Waals surface area contributed by atoms with Gasteiger partial charge in [0.05, 0.1) is 5.56 Å². The lowest BCUT2D eigenvalue weighted by molar-refractivity contribution is -0.362. The Bertz CT molecular complexity index is 731. The van der Waals surface area contributed by atoms with Crippen LogP contribution < -0.4 is 0 Å². The summed E-state index contributed by atoms with van der Waals surface area (Å²) in [5.74, 6) is 0. The van der Waals surface area contributed by atoms with Crippen molar-refractivity contribution >= 4 is 28.1 Å². The molecule has 0 saturated heterocycles. The van der Waals surface area contributed by atoms with Crippen LogP contribution >= 0.6 is 0 Å². The van der Waals surface area contributed by atoms with E-state index in [0.29, 0.717) is 0 Å². The topological polar surface area (TPSA) is 60.2 Å². The van der Waals surface area contributed by atoms with Crippen molar-refractivity contribution in [3.8, 4) is 0 Å². The molecule has 0 atom stereocenters. The molecule has 0 aliphatic carbocycles. The summed E-state index contributed by atoms with van der Waals surface area (Å²) < 4.78 is 61.1. The molecule has 0 saturated carbocycles. The number of fused-ring (bicyclic) bond motifs is 3. The van der Waals surface area contributed by atoms with Crippen molar-refractivity contribution < 1.29 is 30.7 Å². The van der Waals surface area contributed by atoms with Crippen molar-refractivity contribution in [2.24, 2.45) is 0 Å². The van der Waals surface area contributed by atoms with Crippen LogP contribution in [0.5, 0.6) is 0 Å². The summed E-state index contributed by atoms with van der Waals surface area (Å²) in [6.07, 6.45) is 8.49. The first-order valence-corrected chi connectivity index (χ1v) is 6.74. The Morgan fingerprint density at radius 1 is 1.15 bits per heavy atom. The second-order valence-electron chi connectivity index (χ2n) is 3.91. The second kappa shape index (κ2) is 4.88. The molecule has 0 amide bonds. The van der Waals surface area contributed by atoms with Gasteiger partial charge in [0.2, 0.25) is 11.4 Å². The van der Waals surface area contributed by atoms with E-state index in [-0.39, 0.29) is 0 Å². The van der Waals surface area contributed by atoms with Gasteiger partial charge >= 0.3 is 5.51 Å². The highest BCUT2D eigenvalue weighted by Gasteiger charge is 2.36.